The SMILES string of the molecule is CCCC(N)C(CO)Sc1cccs1. The van der Waals surface area contributed by atoms with Crippen LogP contribution in [0.4, 0.5) is 0 Å². The van der Waals surface area contributed by atoms with E-state index in [1.807, 2.05) is 11.4 Å². The summed E-state index contributed by atoms with van der Waals surface area (Å²) in [5, 5.41) is 11.4. The topological polar surface area (TPSA) is 46.2 Å². The average molecular weight is 231 g/mol. The van der Waals surface area contributed by atoms with Gasteiger partial charge in [-0.25, -0.2) is 0 Å². The Morgan fingerprint density at radius 3 is 2.93 bits per heavy atom. The fourth-order valence-corrected chi connectivity index (χ4v) is 3.31. The highest BCUT2D eigenvalue weighted by molar-refractivity contribution is 8.01. The number of rotatable bonds is 6. The van der Waals surface area contributed by atoms with Gasteiger partial charge in [-0.3, -0.25) is 0 Å². The van der Waals surface area contributed by atoms with Crippen LogP contribution in [0.25, 0.3) is 0 Å². The number of hydrogen-bond acceptors (Lipinski definition) is 4. The van der Waals surface area contributed by atoms with Crippen LogP contribution in [0.1, 0.15) is 19.8 Å². The van der Waals surface area contributed by atoms with Gasteiger partial charge in [-0.15, -0.1) is 23.1 Å². The van der Waals surface area contributed by atoms with E-state index in [-0.39, 0.29) is 17.9 Å². The zero-order chi connectivity index (χ0) is 10.4. The first-order valence-electron chi connectivity index (χ1n) is 4.84. The van der Waals surface area contributed by atoms with Crippen molar-refractivity contribution in [2.75, 3.05) is 6.61 Å². The number of aliphatic hydroxyl groups excluding tert-OH is 1. The van der Waals surface area contributed by atoms with Crippen LogP contribution in [0.2, 0.25) is 0 Å². The van der Waals surface area contributed by atoms with Crippen molar-refractivity contribution in [1.82, 2.24) is 0 Å². The van der Waals surface area contributed by atoms with Gasteiger partial charge in [-0.1, -0.05) is 19.4 Å². The monoisotopic (exact) mass is 231 g/mol. The molecule has 14 heavy (non-hydrogen) atoms. The van der Waals surface area contributed by atoms with Gasteiger partial charge in [0.05, 0.1) is 10.8 Å². The zero-order valence-electron chi connectivity index (χ0n) is 8.35. The summed E-state index contributed by atoms with van der Waals surface area (Å²) in [7, 11) is 0. The van der Waals surface area contributed by atoms with Crippen molar-refractivity contribution in [3.8, 4) is 0 Å². The van der Waals surface area contributed by atoms with Gasteiger partial charge in [-0.05, 0) is 17.9 Å². The second-order valence-corrected chi connectivity index (χ2v) is 5.71. The van der Waals surface area contributed by atoms with Crippen molar-refractivity contribution in [2.24, 2.45) is 5.73 Å². The molecule has 0 spiro atoms. The molecular formula is C10H17NOS2. The molecule has 1 aromatic heterocycles. The molecule has 4 heteroatoms. The lowest BCUT2D eigenvalue weighted by molar-refractivity contribution is 0.279. The fourth-order valence-electron chi connectivity index (χ4n) is 1.26. The first kappa shape index (κ1) is 12.0. The summed E-state index contributed by atoms with van der Waals surface area (Å²) in [5.41, 5.74) is 5.98. The third-order valence-corrected chi connectivity index (χ3v) is 4.45. The van der Waals surface area contributed by atoms with E-state index in [9.17, 15) is 5.11 Å². The lowest BCUT2D eigenvalue weighted by atomic mass is 10.1. The molecule has 0 fully saturated rings. The van der Waals surface area contributed by atoms with Crippen LogP contribution in [-0.4, -0.2) is 23.0 Å². The van der Waals surface area contributed by atoms with Gasteiger partial charge in [0.25, 0.3) is 0 Å². The Hall–Kier alpha value is -0.0300. The normalized spacial score (nSPS) is 15.4. The first-order chi connectivity index (χ1) is 6.77. The summed E-state index contributed by atoms with van der Waals surface area (Å²) in [4.78, 5) is 0. The molecule has 0 aliphatic rings. The molecule has 0 aliphatic heterocycles. The fraction of sp³-hybridized carbons (Fsp3) is 0.600. The van der Waals surface area contributed by atoms with Gasteiger partial charge in [0, 0.05) is 11.3 Å². The van der Waals surface area contributed by atoms with Crippen LogP contribution in [0, 0.1) is 0 Å². The maximum absolute atomic E-state index is 9.23. The highest BCUT2D eigenvalue weighted by atomic mass is 32.2. The quantitative estimate of drug-likeness (QED) is 0.739. The lowest BCUT2D eigenvalue weighted by Gasteiger charge is -2.19. The Kier molecular flexibility index (Phi) is 5.55. The van der Waals surface area contributed by atoms with E-state index < -0.39 is 0 Å². The van der Waals surface area contributed by atoms with Gasteiger partial charge in [0.2, 0.25) is 0 Å². The minimum Gasteiger partial charge on any atom is -0.395 e. The van der Waals surface area contributed by atoms with Crippen LogP contribution in [0.15, 0.2) is 21.7 Å². The van der Waals surface area contributed by atoms with Gasteiger partial charge in [-0.2, -0.15) is 0 Å². The third-order valence-electron chi connectivity index (χ3n) is 2.04. The van der Waals surface area contributed by atoms with E-state index in [1.54, 1.807) is 23.1 Å². The maximum atomic E-state index is 9.23. The molecule has 2 atom stereocenters. The van der Waals surface area contributed by atoms with Crippen molar-refractivity contribution < 1.29 is 5.11 Å². The molecule has 0 aromatic carbocycles. The number of thiophene rings is 1. The number of nitrogens with two attached hydrogens (primary N) is 1. The Labute approximate surface area is 93.5 Å². The molecule has 2 nitrogen and oxygen atoms in total. The summed E-state index contributed by atoms with van der Waals surface area (Å²) in [5.74, 6) is 0. The molecular weight excluding hydrogens is 214 g/mol. The van der Waals surface area contributed by atoms with Crippen molar-refractivity contribution >= 4 is 23.1 Å². The minimum atomic E-state index is 0.0945. The zero-order valence-corrected chi connectivity index (χ0v) is 9.98. The van der Waals surface area contributed by atoms with Gasteiger partial charge in [0.15, 0.2) is 0 Å². The molecule has 3 N–H and O–H groups in total. The van der Waals surface area contributed by atoms with E-state index in [1.165, 1.54) is 4.21 Å². The molecule has 0 bridgehead atoms. The molecule has 1 rings (SSSR count). The number of thioether (sulfide) groups is 1. The van der Waals surface area contributed by atoms with E-state index >= 15 is 0 Å². The van der Waals surface area contributed by atoms with Crippen molar-refractivity contribution in [3.05, 3.63) is 17.5 Å². The number of hydrogen-bond donors (Lipinski definition) is 2. The highest BCUT2D eigenvalue weighted by Crippen LogP contribution is 2.29. The lowest BCUT2D eigenvalue weighted by Crippen LogP contribution is -2.34. The predicted octanol–water partition coefficient (Wildman–Crippen LogP) is 2.33. The predicted molar refractivity (Wildman–Crippen MR) is 63.9 cm³/mol. The maximum Gasteiger partial charge on any atom is 0.0602 e. The molecule has 1 heterocycles. The highest BCUT2D eigenvalue weighted by Gasteiger charge is 2.17. The Balaban J connectivity index is 2.46. The van der Waals surface area contributed by atoms with Crippen molar-refractivity contribution in [1.29, 1.82) is 0 Å². The van der Waals surface area contributed by atoms with E-state index in [0.717, 1.165) is 12.8 Å². The summed E-state index contributed by atoms with van der Waals surface area (Å²) < 4.78 is 1.23. The minimum absolute atomic E-state index is 0.0945. The summed E-state index contributed by atoms with van der Waals surface area (Å²) in [6.07, 6.45) is 2.05. The molecule has 0 radical (unpaired) electrons. The van der Waals surface area contributed by atoms with Crippen LogP contribution in [0.5, 0.6) is 0 Å². The third kappa shape index (κ3) is 3.61. The van der Waals surface area contributed by atoms with Crippen LogP contribution >= 0.6 is 23.1 Å². The van der Waals surface area contributed by atoms with Crippen molar-refractivity contribution in [3.63, 3.8) is 0 Å². The Morgan fingerprint density at radius 1 is 1.64 bits per heavy atom. The summed E-state index contributed by atoms with van der Waals surface area (Å²) in [6, 6.07) is 4.18. The second-order valence-electron chi connectivity index (χ2n) is 3.22. The van der Waals surface area contributed by atoms with Crippen LogP contribution < -0.4 is 5.73 Å². The van der Waals surface area contributed by atoms with Crippen LogP contribution in [0.3, 0.4) is 0 Å². The standard InChI is InChI=1S/C10H17NOS2/c1-2-4-8(11)9(7-12)14-10-5-3-6-13-10/h3,5-6,8-9,12H,2,4,7,11H2,1H3. The van der Waals surface area contributed by atoms with Gasteiger partial charge >= 0.3 is 0 Å². The number of aliphatic hydroxyl groups is 1. The summed E-state index contributed by atoms with van der Waals surface area (Å²) >= 11 is 3.39. The van der Waals surface area contributed by atoms with Gasteiger partial charge < -0.3 is 10.8 Å². The first-order valence-corrected chi connectivity index (χ1v) is 6.60. The second kappa shape index (κ2) is 6.45. The Bertz CT molecular complexity index is 238. The van der Waals surface area contributed by atoms with Crippen molar-refractivity contribution in [2.45, 2.75) is 35.3 Å². The molecule has 1 aromatic rings. The molecule has 2 unspecified atom stereocenters. The molecule has 0 saturated carbocycles. The summed E-state index contributed by atoms with van der Waals surface area (Å²) in [6.45, 7) is 2.27. The van der Waals surface area contributed by atoms with Crippen LogP contribution in [-0.2, 0) is 0 Å². The van der Waals surface area contributed by atoms with Gasteiger partial charge in [0.1, 0.15) is 0 Å². The molecule has 0 saturated heterocycles. The largest absolute Gasteiger partial charge is 0.395 e. The molecule has 0 amide bonds. The molecule has 0 aliphatic carbocycles. The van der Waals surface area contributed by atoms with E-state index in [4.69, 9.17) is 5.73 Å². The van der Waals surface area contributed by atoms with E-state index in [0.29, 0.717) is 0 Å². The molecule has 80 valence electrons. The smallest absolute Gasteiger partial charge is 0.0602 e. The Morgan fingerprint density at radius 2 is 2.43 bits per heavy atom. The average Bonchev–Trinajstić information content (AvgIpc) is 2.66. The van der Waals surface area contributed by atoms with E-state index in [2.05, 4.69) is 13.0 Å².